The molecule has 0 atom stereocenters. The molecule has 1 fully saturated rings. The molecule has 1 aliphatic heterocycles. The topological polar surface area (TPSA) is 40.6 Å². The highest BCUT2D eigenvalue weighted by atomic mass is 16.2. The van der Waals surface area contributed by atoms with Gasteiger partial charge in [-0.1, -0.05) is 30.3 Å². The smallest absolute Gasteiger partial charge is 0.253 e. The van der Waals surface area contributed by atoms with Crippen LogP contribution in [0.5, 0.6) is 0 Å². The normalized spacial score (nSPS) is 13.8. The average molecular weight is 322 g/mol. The summed E-state index contributed by atoms with van der Waals surface area (Å²) in [6.45, 7) is 2.23. The second-order valence-electron chi connectivity index (χ2n) is 6.22. The van der Waals surface area contributed by atoms with Crippen molar-refractivity contribution in [2.75, 3.05) is 20.1 Å². The Morgan fingerprint density at radius 1 is 0.917 bits per heavy atom. The second-order valence-corrected chi connectivity index (χ2v) is 6.22. The molecule has 0 N–H and O–H groups in total. The average Bonchev–Trinajstić information content (AvgIpc) is 3.16. The van der Waals surface area contributed by atoms with Gasteiger partial charge in [0.15, 0.2) is 0 Å². The Balaban J connectivity index is 1.66. The van der Waals surface area contributed by atoms with Crippen LogP contribution in [0.25, 0.3) is 0 Å². The molecule has 3 rings (SSSR count). The van der Waals surface area contributed by atoms with Gasteiger partial charge in [0, 0.05) is 37.8 Å². The highest BCUT2D eigenvalue weighted by molar-refractivity contribution is 5.97. The molecule has 2 amide bonds. The Morgan fingerprint density at radius 3 is 2.12 bits per heavy atom. The molecule has 1 saturated heterocycles. The van der Waals surface area contributed by atoms with E-state index in [1.54, 1.807) is 36.2 Å². The highest BCUT2D eigenvalue weighted by Gasteiger charge is 2.20. The molecule has 0 saturated carbocycles. The summed E-state index contributed by atoms with van der Waals surface area (Å²) in [5.41, 5.74) is 2.35. The third-order valence-corrected chi connectivity index (χ3v) is 4.38. The van der Waals surface area contributed by atoms with E-state index in [0.29, 0.717) is 17.7 Å². The first-order valence-electron chi connectivity index (χ1n) is 8.34. The van der Waals surface area contributed by atoms with Crippen LogP contribution in [0.3, 0.4) is 0 Å². The zero-order chi connectivity index (χ0) is 16.9. The zero-order valence-corrected chi connectivity index (χ0v) is 13.9. The maximum Gasteiger partial charge on any atom is 0.253 e. The molecule has 2 aromatic rings. The van der Waals surface area contributed by atoms with E-state index in [0.717, 1.165) is 31.5 Å². The number of likely N-dealkylation sites (tertiary alicyclic amines) is 1. The quantitative estimate of drug-likeness (QED) is 0.867. The number of hydrogen-bond donors (Lipinski definition) is 0. The maximum atomic E-state index is 12.5. The number of carbonyl (C=O) groups is 2. The van der Waals surface area contributed by atoms with Gasteiger partial charge >= 0.3 is 0 Å². The molecule has 2 aromatic carbocycles. The number of benzene rings is 2. The molecule has 0 unspecified atom stereocenters. The molecule has 1 aliphatic rings. The molecule has 0 aliphatic carbocycles. The number of nitrogens with zero attached hydrogens (tertiary/aromatic N) is 2. The lowest BCUT2D eigenvalue weighted by Crippen LogP contribution is -2.28. The molecular formula is C20H22N2O2. The van der Waals surface area contributed by atoms with E-state index < -0.39 is 0 Å². The molecule has 1 heterocycles. The Bertz CT molecular complexity index is 704. The Kier molecular flexibility index (Phi) is 4.94. The Hall–Kier alpha value is -2.62. The fraction of sp³-hybridized carbons (Fsp3) is 0.300. The van der Waals surface area contributed by atoms with Crippen LogP contribution < -0.4 is 0 Å². The van der Waals surface area contributed by atoms with Gasteiger partial charge in [0.05, 0.1) is 0 Å². The van der Waals surface area contributed by atoms with E-state index in [9.17, 15) is 9.59 Å². The predicted molar refractivity (Wildman–Crippen MR) is 93.8 cm³/mol. The summed E-state index contributed by atoms with van der Waals surface area (Å²) < 4.78 is 0. The van der Waals surface area contributed by atoms with Gasteiger partial charge in [-0.05, 0) is 42.7 Å². The fourth-order valence-electron chi connectivity index (χ4n) is 3.01. The van der Waals surface area contributed by atoms with Crippen LogP contribution in [0.4, 0.5) is 0 Å². The van der Waals surface area contributed by atoms with Crippen molar-refractivity contribution in [3.8, 4) is 0 Å². The van der Waals surface area contributed by atoms with E-state index in [-0.39, 0.29) is 11.8 Å². The Morgan fingerprint density at radius 2 is 1.50 bits per heavy atom. The first-order valence-corrected chi connectivity index (χ1v) is 8.34. The largest absolute Gasteiger partial charge is 0.339 e. The van der Waals surface area contributed by atoms with Gasteiger partial charge in [0.2, 0.25) is 0 Å². The van der Waals surface area contributed by atoms with Crippen LogP contribution in [-0.4, -0.2) is 41.8 Å². The Labute approximate surface area is 142 Å². The van der Waals surface area contributed by atoms with Crippen LogP contribution >= 0.6 is 0 Å². The van der Waals surface area contributed by atoms with E-state index in [1.165, 1.54) is 0 Å². The fourth-order valence-corrected chi connectivity index (χ4v) is 3.01. The number of hydrogen-bond acceptors (Lipinski definition) is 2. The lowest BCUT2D eigenvalue weighted by Gasteiger charge is -2.18. The predicted octanol–water partition coefficient (Wildman–Crippen LogP) is 3.19. The van der Waals surface area contributed by atoms with Crippen LogP contribution in [0.1, 0.15) is 39.1 Å². The molecule has 24 heavy (non-hydrogen) atoms. The van der Waals surface area contributed by atoms with Gasteiger partial charge in [-0.15, -0.1) is 0 Å². The van der Waals surface area contributed by atoms with Gasteiger partial charge < -0.3 is 9.80 Å². The van der Waals surface area contributed by atoms with Crippen molar-refractivity contribution in [3.63, 3.8) is 0 Å². The maximum absolute atomic E-state index is 12.5. The zero-order valence-electron chi connectivity index (χ0n) is 13.9. The van der Waals surface area contributed by atoms with Crippen LogP contribution in [-0.2, 0) is 6.54 Å². The molecule has 4 nitrogen and oxygen atoms in total. The van der Waals surface area contributed by atoms with E-state index >= 15 is 0 Å². The van der Waals surface area contributed by atoms with Gasteiger partial charge in [0.25, 0.3) is 11.8 Å². The monoisotopic (exact) mass is 322 g/mol. The van der Waals surface area contributed by atoms with Crippen LogP contribution in [0, 0.1) is 0 Å². The summed E-state index contributed by atoms with van der Waals surface area (Å²) in [6.07, 6.45) is 2.15. The number of rotatable bonds is 4. The molecule has 124 valence electrons. The van der Waals surface area contributed by atoms with Gasteiger partial charge in [-0.3, -0.25) is 9.59 Å². The van der Waals surface area contributed by atoms with Crippen LogP contribution in [0.15, 0.2) is 54.6 Å². The highest BCUT2D eigenvalue weighted by Crippen LogP contribution is 2.15. The third kappa shape index (κ3) is 3.65. The first kappa shape index (κ1) is 16.2. The summed E-state index contributed by atoms with van der Waals surface area (Å²) in [5, 5.41) is 0. The molecule has 0 aromatic heterocycles. The lowest BCUT2D eigenvalue weighted by molar-refractivity contribution is 0.0776. The van der Waals surface area contributed by atoms with E-state index in [4.69, 9.17) is 0 Å². The number of amides is 2. The van der Waals surface area contributed by atoms with Gasteiger partial charge in [-0.25, -0.2) is 0 Å². The minimum atomic E-state index is -0.0426. The number of carbonyl (C=O) groups excluding carboxylic acids is 2. The third-order valence-electron chi connectivity index (χ3n) is 4.38. The molecule has 0 radical (unpaired) electrons. The van der Waals surface area contributed by atoms with Crippen molar-refractivity contribution < 1.29 is 9.59 Å². The summed E-state index contributed by atoms with van der Waals surface area (Å²) in [5.74, 6) is 0.0168. The van der Waals surface area contributed by atoms with Crippen molar-refractivity contribution in [1.82, 2.24) is 9.80 Å². The summed E-state index contributed by atoms with van der Waals surface area (Å²) >= 11 is 0. The molecule has 4 heteroatoms. The van der Waals surface area contributed by atoms with Crippen LogP contribution in [0.2, 0.25) is 0 Å². The summed E-state index contributed by atoms with van der Waals surface area (Å²) in [4.78, 5) is 28.4. The SMILES string of the molecule is CN(Cc1ccccc1)C(=O)c1ccc(C(=O)N2CCCC2)cc1. The summed E-state index contributed by atoms with van der Waals surface area (Å²) in [7, 11) is 1.79. The lowest BCUT2D eigenvalue weighted by atomic mass is 10.1. The second kappa shape index (κ2) is 7.30. The molecule has 0 spiro atoms. The van der Waals surface area contributed by atoms with Crippen molar-refractivity contribution >= 4 is 11.8 Å². The minimum Gasteiger partial charge on any atom is -0.339 e. The van der Waals surface area contributed by atoms with Crippen molar-refractivity contribution in [1.29, 1.82) is 0 Å². The van der Waals surface area contributed by atoms with Gasteiger partial charge in [0.1, 0.15) is 0 Å². The van der Waals surface area contributed by atoms with Crippen molar-refractivity contribution in [2.24, 2.45) is 0 Å². The van der Waals surface area contributed by atoms with Crippen molar-refractivity contribution in [2.45, 2.75) is 19.4 Å². The standard InChI is InChI=1S/C20H22N2O2/c1-21(15-16-7-3-2-4-8-16)19(23)17-9-11-18(12-10-17)20(24)22-13-5-6-14-22/h2-4,7-12H,5-6,13-15H2,1H3. The van der Waals surface area contributed by atoms with E-state index in [1.807, 2.05) is 35.2 Å². The minimum absolute atomic E-state index is 0.0426. The van der Waals surface area contributed by atoms with Gasteiger partial charge in [-0.2, -0.15) is 0 Å². The van der Waals surface area contributed by atoms with E-state index in [2.05, 4.69) is 0 Å². The summed E-state index contributed by atoms with van der Waals surface area (Å²) in [6, 6.07) is 16.9. The molecule has 0 bridgehead atoms. The first-order chi connectivity index (χ1) is 11.6. The van der Waals surface area contributed by atoms with Crippen molar-refractivity contribution in [3.05, 3.63) is 71.3 Å². The molecular weight excluding hydrogens is 300 g/mol.